The van der Waals surface area contributed by atoms with E-state index >= 15 is 0 Å². The molecule has 1 aliphatic heterocycles. The molecule has 3 N–H and O–H groups in total. The number of hydrogen-bond donors (Lipinski definition) is 1. The van der Waals surface area contributed by atoms with Gasteiger partial charge in [0.05, 0.1) is 5.69 Å². The largest absolute Gasteiger partial charge is 1.00 e. The molecule has 2 heterocycles. The number of halogens is 2. The second-order valence-electron chi connectivity index (χ2n) is 3.17. The molecule has 0 radical (unpaired) electrons. The van der Waals surface area contributed by atoms with Crippen LogP contribution in [0.25, 0.3) is 0 Å². The molecule has 1 aliphatic rings. The minimum atomic E-state index is -0.431. The summed E-state index contributed by atoms with van der Waals surface area (Å²) < 4.78 is 0. The third kappa shape index (κ3) is 3.37. The minimum Gasteiger partial charge on any atom is -0.870 e. The van der Waals surface area contributed by atoms with Crippen LogP contribution in [-0.4, -0.2) is 21.9 Å². The topological polar surface area (TPSA) is 108 Å². The molecule has 18 heavy (non-hydrogen) atoms. The molecule has 0 saturated heterocycles. The van der Waals surface area contributed by atoms with Crippen LogP contribution >= 0.6 is 23.2 Å². The number of carbonyl (C=O) groups excluding carboxylic acids is 1. The number of nitrogens with zero attached hydrogens (tertiary/aromatic N) is 2. The van der Waals surface area contributed by atoms with Gasteiger partial charge in [0.15, 0.2) is 6.10 Å². The zero-order valence-corrected chi connectivity index (χ0v) is 10.9. The molecule has 0 aliphatic carbocycles. The quantitative estimate of drug-likeness (QED) is 0.531. The van der Waals surface area contributed by atoms with Gasteiger partial charge in [-0.05, 0) is 17.4 Å². The molecule has 1 unspecified atom stereocenters. The number of nitrogen functional groups attached to an aromatic ring is 1. The summed E-state index contributed by atoms with van der Waals surface area (Å²) in [6, 6.07) is 1.53. The Labute approximate surface area is 125 Å². The Bertz CT molecular complexity index is 484. The van der Waals surface area contributed by atoms with Crippen LogP contribution in [0, 0.1) is 0 Å². The summed E-state index contributed by atoms with van der Waals surface area (Å²) in [5, 5.41) is 4.00. The van der Waals surface area contributed by atoms with E-state index < -0.39 is 6.10 Å². The van der Waals surface area contributed by atoms with Crippen LogP contribution in [0.2, 0.25) is 5.02 Å². The van der Waals surface area contributed by atoms with Crippen molar-refractivity contribution in [2.45, 2.75) is 12.5 Å². The van der Waals surface area contributed by atoms with Crippen molar-refractivity contribution >= 4 is 40.3 Å². The van der Waals surface area contributed by atoms with E-state index in [4.69, 9.17) is 33.8 Å². The Morgan fingerprint density at radius 1 is 1.50 bits per heavy atom. The molecular formula is C9H7Cl2LiN3O3-. The second-order valence-corrected chi connectivity index (χ2v) is 3.98. The van der Waals surface area contributed by atoms with Crippen molar-refractivity contribution in [3.05, 3.63) is 22.5 Å². The van der Waals surface area contributed by atoms with Crippen molar-refractivity contribution in [1.29, 1.82) is 0 Å². The van der Waals surface area contributed by atoms with Crippen LogP contribution in [0.1, 0.15) is 23.9 Å². The van der Waals surface area contributed by atoms with Crippen LogP contribution in [0.15, 0.2) is 11.2 Å². The fraction of sp³-hybridized carbons (Fsp3) is 0.222. The maximum Gasteiger partial charge on any atom is 1.00 e. The van der Waals surface area contributed by atoms with Crippen LogP contribution in [-0.2, 0) is 9.63 Å². The molecule has 0 saturated carbocycles. The Morgan fingerprint density at radius 2 is 2.17 bits per heavy atom. The molecule has 2 rings (SSSR count). The van der Waals surface area contributed by atoms with Gasteiger partial charge in [-0.1, -0.05) is 21.8 Å². The molecule has 0 amide bonds. The van der Waals surface area contributed by atoms with Crippen molar-refractivity contribution < 1.29 is 34.0 Å². The fourth-order valence-corrected chi connectivity index (χ4v) is 1.62. The molecule has 9 heteroatoms. The normalized spacial score (nSPS) is 17.0. The first-order chi connectivity index (χ1) is 7.61. The van der Waals surface area contributed by atoms with E-state index in [0.717, 1.165) is 0 Å². The molecule has 0 fully saturated rings. The number of pyridine rings is 1. The molecule has 0 aromatic carbocycles. The molecule has 1 aromatic heterocycles. The van der Waals surface area contributed by atoms with E-state index in [1.54, 1.807) is 6.29 Å². The van der Waals surface area contributed by atoms with Gasteiger partial charge in [-0.25, -0.2) is 11.6 Å². The van der Waals surface area contributed by atoms with E-state index in [1.165, 1.54) is 6.07 Å². The smallest absolute Gasteiger partial charge is 0.870 e. The number of nitrogens with two attached hydrogens (primary N) is 1. The van der Waals surface area contributed by atoms with Crippen molar-refractivity contribution in [1.82, 2.24) is 4.98 Å². The molecule has 1 aromatic rings. The standard InChI is InChI=1S/C9H6Cl2N3O2.Li.H2O/c10-8-2-7(16-14-8)5-1-4(12)9(11)6(3-15)13-5;;/h1,7H,2H2,(H2,12,13);;1H2/q-1;+1;/p-1. The summed E-state index contributed by atoms with van der Waals surface area (Å²) in [6.07, 6.45) is 1.58. The summed E-state index contributed by atoms with van der Waals surface area (Å²) in [6.45, 7) is 0. The van der Waals surface area contributed by atoms with Gasteiger partial charge in [0, 0.05) is 12.7 Å². The summed E-state index contributed by atoms with van der Waals surface area (Å²) in [7, 11) is 0. The van der Waals surface area contributed by atoms with E-state index in [-0.39, 0.29) is 40.7 Å². The predicted molar refractivity (Wildman–Crippen MR) is 62.1 cm³/mol. The van der Waals surface area contributed by atoms with E-state index in [1.807, 2.05) is 0 Å². The summed E-state index contributed by atoms with van der Waals surface area (Å²) >= 11 is 11.4. The Morgan fingerprint density at radius 3 is 2.67 bits per heavy atom. The minimum absolute atomic E-state index is 0. The zero-order valence-electron chi connectivity index (χ0n) is 9.35. The van der Waals surface area contributed by atoms with Gasteiger partial charge in [-0.15, -0.1) is 0 Å². The van der Waals surface area contributed by atoms with Gasteiger partial charge >= 0.3 is 18.9 Å². The fourth-order valence-electron chi connectivity index (χ4n) is 1.31. The Balaban J connectivity index is 0.00000144. The molecule has 0 bridgehead atoms. The maximum absolute atomic E-state index is 10.6. The zero-order chi connectivity index (χ0) is 11.7. The van der Waals surface area contributed by atoms with Crippen molar-refractivity contribution in [2.75, 3.05) is 5.73 Å². The van der Waals surface area contributed by atoms with Crippen molar-refractivity contribution in [3.8, 4) is 0 Å². The summed E-state index contributed by atoms with van der Waals surface area (Å²) in [5.74, 6) is 0. The Kier molecular flexibility index (Phi) is 6.67. The first-order valence-corrected chi connectivity index (χ1v) is 5.09. The third-order valence-corrected chi connectivity index (χ3v) is 2.69. The van der Waals surface area contributed by atoms with Crippen molar-refractivity contribution in [3.63, 3.8) is 0 Å². The first-order valence-electron chi connectivity index (χ1n) is 4.34. The summed E-state index contributed by atoms with van der Waals surface area (Å²) in [4.78, 5) is 19.6. The Hall–Kier alpha value is -0.773. The average molecular weight is 283 g/mol. The van der Waals surface area contributed by atoms with Crippen LogP contribution in [0.3, 0.4) is 0 Å². The van der Waals surface area contributed by atoms with Gasteiger partial charge in [0.2, 0.25) is 0 Å². The summed E-state index contributed by atoms with van der Waals surface area (Å²) in [5.41, 5.74) is 6.29. The predicted octanol–water partition coefficient (Wildman–Crippen LogP) is -1.38. The van der Waals surface area contributed by atoms with Gasteiger partial charge in [-0.3, -0.25) is 4.98 Å². The number of anilines is 1. The molecule has 1 atom stereocenters. The van der Waals surface area contributed by atoms with E-state index in [0.29, 0.717) is 17.3 Å². The van der Waals surface area contributed by atoms with Crippen molar-refractivity contribution in [2.24, 2.45) is 5.16 Å². The number of aromatic nitrogens is 1. The molecule has 0 spiro atoms. The van der Waals surface area contributed by atoms with Crippen LogP contribution < -0.4 is 24.6 Å². The average Bonchev–Trinajstić information content (AvgIpc) is 2.69. The third-order valence-electron chi connectivity index (χ3n) is 2.07. The monoisotopic (exact) mass is 282 g/mol. The van der Waals surface area contributed by atoms with Gasteiger partial charge < -0.3 is 20.8 Å². The number of hydrogen-bond acceptors (Lipinski definition) is 6. The molecule has 92 valence electrons. The molecular weight excluding hydrogens is 276 g/mol. The van der Waals surface area contributed by atoms with Gasteiger partial charge in [0.1, 0.15) is 5.17 Å². The van der Waals surface area contributed by atoms with Gasteiger partial charge in [-0.2, -0.15) is 0 Å². The SMILES string of the molecule is Nc1cc(C2CC(Cl)=NO2)nc([C-]=O)c1Cl.[Li+].[OH-]. The van der Waals surface area contributed by atoms with E-state index in [2.05, 4.69) is 10.1 Å². The van der Waals surface area contributed by atoms with Crippen LogP contribution in [0.4, 0.5) is 5.69 Å². The first kappa shape index (κ1) is 17.2. The second kappa shape index (κ2) is 6.97. The number of rotatable bonds is 2. The van der Waals surface area contributed by atoms with Crippen LogP contribution in [0.5, 0.6) is 0 Å². The molecule has 6 nitrogen and oxygen atoms in total. The maximum atomic E-state index is 10.6. The van der Waals surface area contributed by atoms with Gasteiger partial charge in [0.25, 0.3) is 0 Å². The number of oxime groups is 1. The van der Waals surface area contributed by atoms with E-state index in [9.17, 15) is 4.79 Å².